The van der Waals surface area contributed by atoms with Gasteiger partial charge in [0.25, 0.3) is 0 Å². The van der Waals surface area contributed by atoms with Gasteiger partial charge in [-0.1, -0.05) is 23.7 Å². The zero-order valence-electron chi connectivity index (χ0n) is 11.1. The van der Waals surface area contributed by atoms with Crippen LogP contribution < -0.4 is 5.32 Å². The Labute approximate surface area is 119 Å². The lowest BCUT2D eigenvalue weighted by Crippen LogP contribution is -2.28. The zero-order chi connectivity index (χ0) is 13.5. The van der Waals surface area contributed by atoms with Crippen molar-refractivity contribution in [2.45, 2.75) is 13.1 Å². The van der Waals surface area contributed by atoms with Crippen molar-refractivity contribution in [3.63, 3.8) is 0 Å². The van der Waals surface area contributed by atoms with Gasteiger partial charge >= 0.3 is 0 Å². The van der Waals surface area contributed by atoms with Crippen molar-refractivity contribution in [3.05, 3.63) is 59.0 Å². The summed E-state index contributed by atoms with van der Waals surface area (Å²) in [7, 11) is 2.11. The van der Waals surface area contributed by atoms with Crippen LogP contribution in [0.1, 0.15) is 11.1 Å². The summed E-state index contributed by atoms with van der Waals surface area (Å²) in [5.74, 6) is 0. The molecule has 1 aromatic heterocycles. The van der Waals surface area contributed by atoms with Crippen LogP contribution in [0.5, 0.6) is 0 Å². The van der Waals surface area contributed by atoms with Gasteiger partial charge in [-0.15, -0.1) is 0 Å². The molecule has 0 unspecified atom stereocenters. The molecule has 0 amide bonds. The Balaban J connectivity index is 1.65. The Morgan fingerprint density at radius 2 is 2.16 bits per heavy atom. The summed E-state index contributed by atoms with van der Waals surface area (Å²) in [4.78, 5) is 2.27. The maximum atomic E-state index is 5.97. The van der Waals surface area contributed by atoms with E-state index in [1.807, 2.05) is 24.3 Å². The average molecular weight is 279 g/mol. The molecule has 1 aromatic carbocycles. The molecule has 2 rings (SSSR count). The van der Waals surface area contributed by atoms with E-state index >= 15 is 0 Å². The van der Waals surface area contributed by atoms with Crippen LogP contribution in [0.3, 0.4) is 0 Å². The summed E-state index contributed by atoms with van der Waals surface area (Å²) < 4.78 is 5.02. The number of nitrogens with zero attached hydrogens (tertiary/aromatic N) is 1. The highest BCUT2D eigenvalue weighted by Crippen LogP contribution is 2.11. The quantitative estimate of drug-likeness (QED) is 0.789. The van der Waals surface area contributed by atoms with Crippen molar-refractivity contribution >= 4 is 11.6 Å². The molecular formula is C15H19ClN2O. The lowest BCUT2D eigenvalue weighted by Gasteiger charge is -2.17. The fourth-order valence-corrected chi connectivity index (χ4v) is 2.13. The summed E-state index contributed by atoms with van der Waals surface area (Å²) in [6, 6.07) is 9.97. The summed E-state index contributed by atoms with van der Waals surface area (Å²) in [6.45, 7) is 3.70. The summed E-state index contributed by atoms with van der Waals surface area (Å²) in [5, 5.41) is 4.18. The Hall–Kier alpha value is -1.29. The molecule has 0 aliphatic carbocycles. The van der Waals surface area contributed by atoms with Gasteiger partial charge < -0.3 is 14.6 Å². The van der Waals surface area contributed by atoms with Gasteiger partial charge in [-0.25, -0.2) is 0 Å². The topological polar surface area (TPSA) is 28.4 Å². The molecule has 4 heteroatoms. The molecule has 2 aromatic rings. The maximum Gasteiger partial charge on any atom is 0.0947 e. The van der Waals surface area contributed by atoms with E-state index in [1.54, 1.807) is 12.5 Å². The molecule has 0 aliphatic heterocycles. The first kappa shape index (κ1) is 14.1. The van der Waals surface area contributed by atoms with Gasteiger partial charge in [0.1, 0.15) is 0 Å². The predicted molar refractivity (Wildman–Crippen MR) is 78.2 cm³/mol. The van der Waals surface area contributed by atoms with E-state index in [4.69, 9.17) is 16.0 Å². The van der Waals surface area contributed by atoms with Crippen LogP contribution in [-0.2, 0) is 13.1 Å². The molecule has 3 nitrogen and oxygen atoms in total. The molecule has 0 spiro atoms. The third-order valence-electron chi connectivity index (χ3n) is 2.92. The second-order valence-electron chi connectivity index (χ2n) is 4.68. The normalized spacial score (nSPS) is 11.1. The fourth-order valence-electron chi connectivity index (χ4n) is 1.92. The average Bonchev–Trinajstić information content (AvgIpc) is 2.88. The maximum absolute atomic E-state index is 5.97. The summed E-state index contributed by atoms with van der Waals surface area (Å²) in [5.41, 5.74) is 2.42. The van der Waals surface area contributed by atoms with E-state index in [1.165, 1.54) is 11.1 Å². The smallest absolute Gasteiger partial charge is 0.0947 e. The lowest BCUT2D eigenvalue weighted by molar-refractivity contribution is 0.324. The van der Waals surface area contributed by atoms with E-state index in [-0.39, 0.29) is 0 Å². The van der Waals surface area contributed by atoms with E-state index in [9.17, 15) is 0 Å². The zero-order valence-corrected chi connectivity index (χ0v) is 11.9. The van der Waals surface area contributed by atoms with Crippen molar-refractivity contribution in [2.24, 2.45) is 0 Å². The van der Waals surface area contributed by atoms with Crippen LogP contribution >= 0.6 is 11.6 Å². The van der Waals surface area contributed by atoms with Crippen molar-refractivity contribution in [3.8, 4) is 0 Å². The van der Waals surface area contributed by atoms with Crippen molar-refractivity contribution < 1.29 is 4.42 Å². The van der Waals surface area contributed by atoms with E-state index in [0.29, 0.717) is 0 Å². The largest absolute Gasteiger partial charge is 0.472 e. The molecule has 19 heavy (non-hydrogen) atoms. The number of hydrogen-bond donors (Lipinski definition) is 1. The van der Waals surface area contributed by atoms with Crippen molar-refractivity contribution in [1.82, 2.24) is 10.2 Å². The number of rotatable bonds is 7. The van der Waals surface area contributed by atoms with Crippen LogP contribution in [0.15, 0.2) is 47.3 Å². The van der Waals surface area contributed by atoms with Gasteiger partial charge in [0.2, 0.25) is 0 Å². The van der Waals surface area contributed by atoms with Crippen molar-refractivity contribution in [2.75, 3.05) is 20.1 Å². The van der Waals surface area contributed by atoms with Gasteiger partial charge in [-0.05, 0) is 30.8 Å². The molecule has 1 heterocycles. The summed E-state index contributed by atoms with van der Waals surface area (Å²) in [6.07, 6.45) is 3.46. The monoisotopic (exact) mass is 278 g/mol. The van der Waals surface area contributed by atoms with Crippen LogP contribution in [0.2, 0.25) is 5.02 Å². The third-order valence-corrected chi connectivity index (χ3v) is 3.16. The molecule has 0 aliphatic rings. The Kier molecular flexibility index (Phi) is 5.45. The minimum atomic E-state index is 0.795. The first-order valence-electron chi connectivity index (χ1n) is 6.39. The van der Waals surface area contributed by atoms with Gasteiger partial charge in [-0.3, -0.25) is 0 Å². The fraction of sp³-hybridized carbons (Fsp3) is 0.333. The number of furan rings is 1. The van der Waals surface area contributed by atoms with E-state index in [0.717, 1.165) is 31.2 Å². The molecular weight excluding hydrogens is 260 g/mol. The van der Waals surface area contributed by atoms with Gasteiger partial charge in [-0.2, -0.15) is 0 Å². The molecule has 0 bridgehead atoms. The predicted octanol–water partition coefficient (Wildman–Crippen LogP) is 3.15. The molecule has 0 saturated heterocycles. The van der Waals surface area contributed by atoms with E-state index < -0.39 is 0 Å². The van der Waals surface area contributed by atoms with E-state index in [2.05, 4.69) is 23.3 Å². The molecule has 0 saturated carbocycles. The number of benzene rings is 1. The standard InChI is InChI=1S/C15H19ClN2O/c1-18(11-13-3-2-4-15(16)9-13)7-6-17-10-14-5-8-19-12-14/h2-5,8-9,12,17H,6-7,10-11H2,1H3. The highest BCUT2D eigenvalue weighted by atomic mass is 35.5. The van der Waals surface area contributed by atoms with Crippen LogP contribution in [0, 0.1) is 0 Å². The molecule has 0 atom stereocenters. The number of hydrogen-bond acceptors (Lipinski definition) is 3. The number of halogens is 1. The highest BCUT2D eigenvalue weighted by molar-refractivity contribution is 6.30. The second kappa shape index (κ2) is 7.34. The Morgan fingerprint density at radius 3 is 2.89 bits per heavy atom. The van der Waals surface area contributed by atoms with Gasteiger partial charge in [0, 0.05) is 36.8 Å². The van der Waals surface area contributed by atoms with Crippen LogP contribution in [-0.4, -0.2) is 25.0 Å². The van der Waals surface area contributed by atoms with Gasteiger partial charge in [0.15, 0.2) is 0 Å². The Bertz CT molecular complexity index is 485. The van der Waals surface area contributed by atoms with Gasteiger partial charge in [0.05, 0.1) is 12.5 Å². The third kappa shape index (κ3) is 5.07. The number of nitrogens with one attached hydrogen (secondary N) is 1. The van der Waals surface area contributed by atoms with Crippen molar-refractivity contribution in [1.29, 1.82) is 0 Å². The first-order chi connectivity index (χ1) is 9.24. The molecule has 1 N–H and O–H groups in total. The lowest BCUT2D eigenvalue weighted by atomic mass is 10.2. The first-order valence-corrected chi connectivity index (χ1v) is 6.76. The Morgan fingerprint density at radius 1 is 1.26 bits per heavy atom. The van der Waals surface area contributed by atoms with Crippen LogP contribution in [0.4, 0.5) is 0 Å². The number of likely N-dealkylation sites (N-methyl/N-ethyl adjacent to an activating group) is 1. The summed E-state index contributed by atoms with van der Waals surface area (Å²) >= 11 is 5.97. The molecule has 102 valence electrons. The SMILES string of the molecule is CN(CCNCc1ccoc1)Cc1cccc(Cl)c1. The molecule has 0 radical (unpaired) electrons. The van der Waals surface area contributed by atoms with Crippen LogP contribution in [0.25, 0.3) is 0 Å². The highest BCUT2D eigenvalue weighted by Gasteiger charge is 2.01. The minimum absolute atomic E-state index is 0.795. The second-order valence-corrected chi connectivity index (χ2v) is 5.11. The minimum Gasteiger partial charge on any atom is -0.472 e. The molecule has 0 fully saturated rings.